The fourth-order valence-electron chi connectivity index (χ4n) is 5.42. The summed E-state index contributed by atoms with van der Waals surface area (Å²) in [5.41, 5.74) is 0.765. The summed E-state index contributed by atoms with van der Waals surface area (Å²) in [5, 5.41) is 6.99. The highest BCUT2D eigenvalue weighted by Gasteiger charge is 2.45. The molecule has 0 bridgehead atoms. The number of benzene rings is 2. The van der Waals surface area contributed by atoms with Crippen molar-refractivity contribution in [3.8, 4) is 11.4 Å². The van der Waals surface area contributed by atoms with E-state index in [1.165, 1.54) is 0 Å². The van der Waals surface area contributed by atoms with Crippen molar-refractivity contribution in [1.29, 1.82) is 0 Å². The first kappa shape index (κ1) is 30.9. The monoisotopic (exact) mass is 577 g/mol. The molecule has 1 N–H and O–H groups in total. The fraction of sp³-hybridized carbons (Fsp3) is 0.469. The lowest BCUT2D eigenvalue weighted by Gasteiger charge is -2.32. The van der Waals surface area contributed by atoms with Crippen LogP contribution in [0.5, 0.6) is 0 Å². The van der Waals surface area contributed by atoms with Crippen LogP contribution >= 0.6 is 0 Å². The molecule has 42 heavy (non-hydrogen) atoms. The lowest BCUT2D eigenvalue weighted by Crippen LogP contribution is -2.50. The summed E-state index contributed by atoms with van der Waals surface area (Å²) >= 11 is 0. The number of nitrogens with zero attached hydrogens (tertiary/aromatic N) is 2. The van der Waals surface area contributed by atoms with Gasteiger partial charge in [0.1, 0.15) is 12.6 Å². The lowest BCUT2D eigenvalue weighted by atomic mass is 9.75. The Morgan fingerprint density at radius 3 is 2.33 bits per heavy atom. The third kappa shape index (κ3) is 8.25. The van der Waals surface area contributed by atoms with Gasteiger partial charge in [0.15, 0.2) is 0 Å². The van der Waals surface area contributed by atoms with Gasteiger partial charge in [-0.05, 0) is 38.2 Å². The number of nitrogens with one attached hydrogen (secondary N) is 1. The number of hydrogen-bond donors (Lipinski definition) is 1. The summed E-state index contributed by atoms with van der Waals surface area (Å²) in [6, 6.07) is 17.6. The molecule has 1 heterocycles. The number of aromatic nitrogens is 2. The van der Waals surface area contributed by atoms with Gasteiger partial charge in [-0.2, -0.15) is 4.98 Å². The summed E-state index contributed by atoms with van der Waals surface area (Å²) in [6.07, 6.45) is 3.61. The number of carbonyl (C=O) groups is 3. The fourth-order valence-corrected chi connectivity index (χ4v) is 5.42. The van der Waals surface area contributed by atoms with Crippen molar-refractivity contribution in [2.75, 3.05) is 20.3 Å². The van der Waals surface area contributed by atoms with Crippen LogP contribution in [0.3, 0.4) is 0 Å². The van der Waals surface area contributed by atoms with E-state index >= 15 is 0 Å². The molecule has 1 unspecified atom stereocenters. The molecular weight excluding hydrogens is 538 g/mol. The molecule has 10 heteroatoms. The summed E-state index contributed by atoms with van der Waals surface area (Å²) < 4.78 is 21.6. The van der Waals surface area contributed by atoms with Gasteiger partial charge in [-0.1, -0.05) is 78.7 Å². The highest BCUT2D eigenvalue weighted by atomic mass is 16.5. The molecule has 0 spiro atoms. The highest BCUT2D eigenvalue weighted by molar-refractivity contribution is 5.89. The molecule has 1 aliphatic carbocycles. The first-order chi connectivity index (χ1) is 20.4. The molecule has 3 aromatic rings. The van der Waals surface area contributed by atoms with Crippen molar-refractivity contribution in [2.45, 2.75) is 64.5 Å². The summed E-state index contributed by atoms with van der Waals surface area (Å²) in [6.45, 7) is 2.44. The van der Waals surface area contributed by atoms with E-state index in [1.807, 2.05) is 60.7 Å². The van der Waals surface area contributed by atoms with Crippen molar-refractivity contribution in [1.82, 2.24) is 15.5 Å². The van der Waals surface area contributed by atoms with Gasteiger partial charge in [-0.3, -0.25) is 9.59 Å². The number of esters is 2. The van der Waals surface area contributed by atoms with Crippen LogP contribution < -0.4 is 5.32 Å². The molecule has 1 fully saturated rings. The molecular formula is C32H39N3O7. The Morgan fingerprint density at radius 2 is 1.67 bits per heavy atom. The first-order valence-corrected chi connectivity index (χ1v) is 14.5. The number of ether oxygens (including phenoxy) is 3. The van der Waals surface area contributed by atoms with Crippen LogP contribution in [-0.2, 0) is 41.6 Å². The Balaban J connectivity index is 1.54. The van der Waals surface area contributed by atoms with Crippen LogP contribution in [0.25, 0.3) is 11.4 Å². The van der Waals surface area contributed by atoms with Crippen molar-refractivity contribution in [3.05, 3.63) is 72.1 Å². The average molecular weight is 578 g/mol. The molecule has 2 aromatic carbocycles. The Labute approximate surface area is 246 Å². The van der Waals surface area contributed by atoms with Crippen molar-refractivity contribution < 1.29 is 33.1 Å². The van der Waals surface area contributed by atoms with Gasteiger partial charge in [0, 0.05) is 19.3 Å². The number of methoxy groups -OCH3 is 1. The van der Waals surface area contributed by atoms with Gasteiger partial charge in [-0.25, -0.2) is 4.79 Å². The number of rotatable bonds is 15. The number of amides is 1. The van der Waals surface area contributed by atoms with Crippen molar-refractivity contribution in [2.24, 2.45) is 11.3 Å². The van der Waals surface area contributed by atoms with E-state index in [1.54, 1.807) is 14.0 Å². The summed E-state index contributed by atoms with van der Waals surface area (Å²) in [7, 11) is 1.58. The second-order valence-corrected chi connectivity index (χ2v) is 10.6. The molecule has 0 radical (unpaired) electrons. The molecule has 1 saturated carbocycles. The van der Waals surface area contributed by atoms with Gasteiger partial charge in [0.2, 0.25) is 17.6 Å². The van der Waals surface area contributed by atoms with E-state index in [9.17, 15) is 14.4 Å². The van der Waals surface area contributed by atoms with E-state index in [0.717, 1.165) is 24.0 Å². The van der Waals surface area contributed by atoms with Gasteiger partial charge < -0.3 is 24.1 Å². The molecule has 1 amide bonds. The summed E-state index contributed by atoms with van der Waals surface area (Å²) in [5.74, 6) is -1.16. The first-order valence-electron chi connectivity index (χ1n) is 14.5. The molecule has 0 saturated heterocycles. The second kappa shape index (κ2) is 15.3. The van der Waals surface area contributed by atoms with Crippen LogP contribution in [0.15, 0.2) is 65.2 Å². The Kier molecular flexibility index (Phi) is 11.2. The molecule has 1 aliphatic rings. The summed E-state index contributed by atoms with van der Waals surface area (Å²) in [4.78, 5) is 44.6. The van der Waals surface area contributed by atoms with E-state index in [0.29, 0.717) is 38.1 Å². The van der Waals surface area contributed by atoms with Crippen LogP contribution in [0, 0.1) is 11.3 Å². The van der Waals surface area contributed by atoms with Gasteiger partial charge in [-0.15, -0.1) is 0 Å². The zero-order valence-electron chi connectivity index (χ0n) is 24.3. The standard InChI is InChI=1S/C32H39N3O7/c1-3-40-29(36)25(16-19-39-2)21-32(17-10-11-18-32)31(38)33-26(30(37)41-22-23-12-6-4-7-13-23)20-27-34-28(35-42-27)24-14-8-5-9-15-24/h4-9,12-15,25-26H,3,10-11,16-22H2,1-2H3,(H,33,38)/t25-,26?/m1/s1. The smallest absolute Gasteiger partial charge is 0.329 e. The Bertz CT molecular complexity index is 1290. The molecule has 4 rings (SSSR count). The van der Waals surface area contributed by atoms with Gasteiger partial charge >= 0.3 is 11.9 Å². The maximum Gasteiger partial charge on any atom is 0.329 e. The predicted molar refractivity (Wildman–Crippen MR) is 154 cm³/mol. The minimum absolute atomic E-state index is 0.0414. The SMILES string of the molecule is CCOC(=O)[C@H](CCOC)CC1(C(=O)NC(Cc2nc(-c3ccccc3)no2)C(=O)OCc2ccccc2)CCCC1. The van der Waals surface area contributed by atoms with E-state index in [2.05, 4.69) is 15.5 Å². The molecule has 224 valence electrons. The average Bonchev–Trinajstić information content (AvgIpc) is 3.69. The second-order valence-electron chi connectivity index (χ2n) is 10.6. The van der Waals surface area contributed by atoms with Crippen molar-refractivity contribution >= 4 is 17.8 Å². The largest absolute Gasteiger partial charge is 0.466 e. The number of carbonyl (C=O) groups excluding carboxylic acids is 3. The van der Waals surface area contributed by atoms with Crippen LogP contribution in [0.4, 0.5) is 0 Å². The quantitative estimate of drug-likeness (QED) is 0.256. The topological polar surface area (TPSA) is 130 Å². The van der Waals surface area contributed by atoms with Crippen LogP contribution in [-0.4, -0.2) is 54.4 Å². The molecule has 2 atom stereocenters. The molecule has 1 aromatic heterocycles. The highest BCUT2D eigenvalue weighted by Crippen LogP contribution is 2.44. The van der Waals surface area contributed by atoms with Crippen LogP contribution in [0.1, 0.15) is 56.9 Å². The molecule has 0 aliphatic heterocycles. The number of hydrogen-bond acceptors (Lipinski definition) is 9. The zero-order valence-corrected chi connectivity index (χ0v) is 24.3. The maximum atomic E-state index is 14.0. The third-order valence-corrected chi connectivity index (χ3v) is 7.66. The zero-order chi connectivity index (χ0) is 29.8. The van der Waals surface area contributed by atoms with E-state index in [4.69, 9.17) is 18.7 Å². The van der Waals surface area contributed by atoms with E-state index < -0.39 is 23.3 Å². The molecule has 10 nitrogen and oxygen atoms in total. The minimum atomic E-state index is -1.07. The van der Waals surface area contributed by atoms with E-state index in [-0.39, 0.29) is 37.4 Å². The van der Waals surface area contributed by atoms with Crippen molar-refractivity contribution in [3.63, 3.8) is 0 Å². The normalized spacial score (nSPS) is 15.5. The Hall–Kier alpha value is -4.05. The lowest BCUT2D eigenvalue weighted by molar-refractivity contribution is -0.153. The minimum Gasteiger partial charge on any atom is -0.466 e. The third-order valence-electron chi connectivity index (χ3n) is 7.66. The van der Waals surface area contributed by atoms with Gasteiger partial charge in [0.25, 0.3) is 0 Å². The van der Waals surface area contributed by atoms with Crippen LogP contribution in [0.2, 0.25) is 0 Å². The predicted octanol–water partition coefficient (Wildman–Crippen LogP) is 4.67. The van der Waals surface area contributed by atoms with Gasteiger partial charge in [0.05, 0.1) is 24.4 Å². The maximum absolute atomic E-state index is 14.0. The Morgan fingerprint density at radius 1 is 0.976 bits per heavy atom.